The summed E-state index contributed by atoms with van der Waals surface area (Å²) >= 11 is 0. The first-order valence-corrected chi connectivity index (χ1v) is 34.2. The van der Waals surface area contributed by atoms with Gasteiger partial charge in [-0.25, -0.2) is 0 Å². The van der Waals surface area contributed by atoms with Crippen molar-refractivity contribution in [3.63, 3.8) is 0 Å². The summed E-state index contributed by atoms with van der Waals surface area (Å²) in [6.45, 7) is 6.52. The van der Waals surface area contributed by atoms with Crippen LogP contribution < -0.4 is 0 Å². The average molecular weight is 1110 g/mol. The van der Waals surface area contributed by atoms with Gasteiger partial charge in [-0.1, -0.05) is 330 Å². The monoisotopic (exact) mass is 1110 g/mol. The van der Waals surface area contributed by atoms with Crippen LogP contribution in [-0.2, 0) is 28.6 Å². The van der Waals surface area contributed by atoms with Crippen molar-refractivity contribution < 1.29 is 28.6 Å². The van der Waals surface area contributed by atoms with Gasteiger partial charge in [0, 0.05) is 19.3 Å². The molecule has 80 heavy (non-hydrogen) atoms. The Balaban J connectivity index is 4.11. The number of ether oxygens (including phenoxy) is 3. The number of unbranched alkanes of at least 4 members (excludes halogenated alkanes) is 35. The van der Waals surface area contributed by atoms with Crippen LogP contribution in [0.1, 0.15) is 335 Å². The molecule has 0 aliphatic carbocycles. The summed E-state index contributed by atoms with van der Waals surface area (Å²) in [5.74, 6) is -0.876. The molecule has 1 atom stereocenters. The van der Waals surface area contributed by atoms with Crippen LogP contribution in [0, 0.1) is 0 Å². The van der Waals surface area contributed by atoms with E-state index in [0.29, 0.717) is 19.3 Å². The van der Waals surface area contributed by atoms with Crippen LogP contribution in [-0.4, -0.2) is 37.2 Å². The molecular formula is C74H128O6. The quantitative estimate of drug-likeness (QED) is 0.0261. The van der Waals surface area contributed by atoms with E-state index in [9.17, 15) is 14.4 Å². The van der Waals surface area contributed by atoms with Crippen LogP contribution in [0.2, 0.25) is 0 Å². The molecule has 0 aromatic rings. The lowest BCUT2D eigenvalue weighted by Crippen LogP contribution is -2.30. The molecule has 0 fully saturated rings. The minimum absolute atomic E-state index is 0.0757. The Morgan fingerprint density at radius 2 is 0.487 bits per heavy atom. The van der Waals surface area contributed by atoms with Gasteiger partial charge < -0.3 is 14.2 Å². The van der Waals surface area contributed by atoms with Crippen molar-refractivity contribution in [2.24, 2.45) is 0 Å². The Morgan fingerprint density at radius 1 is 0.263 bits per heavy atom. The molecular weight excluding hydrogens is 985 g/mol. The van der Waals surface area contributed by atoms with Crippen molar-refractivity contribution in [2.45, 2.75) is 341 Å². The Hall–Kier alpha value is -3.67. The topological polar surface area (TPSA) is 78.9 Å². The second-order valence-electron chi connectivity index (χ2n) is 22.7. The van der Waals surface area contributed by atoms with E-state index in [2.05, 4.69) is 118 Å². The lowest BCUT2D eigenvalue weighted by molar-refractivity contribution is -0.167. The van der Waals surface area contributed by atoms with Crippen LogP contribution in [0.4, 0.5) is 0 Å². The van der Waals surface area contributed by atoms with E-state index in [1.165, 1.54) is 180 Å². The Morgan fingerprint density at radius 3 is 0.762 bits per heavy atom. The molecule has 0 aliphatic rings. The van der Waals surface area contributed by atoms with Gasteiger partial charge in [0.05, 0.1) is 0 Å². The lowest BCUT2D eigenvalue weighted by Gasteiger charge is -2.18. The predicted octanol–water partition coefficient (Wildman–Crippen LogP) is 23.6. The Bertz CT molecular complexity index is 1560. The molecule has 0 amide bonds. The predicted molar refractivity (Wildman–Crippen MR) is 348 cm³/mol. The van der Waals surface area contributed by atoms with Crippen molar-refractivity contribution in [3.8, 4) is 0 Å². The molecule has 0 rings (SSSR count). The second-order valence-corrected chi connectivity index (χ2v) is 22.7. The fraction of sp³-hybridized carbons (Fsp3) is 0.743. The summed E-state index contributed by atoms with van der Waals surface area (Å²) in [5.41, 5.74) is 0. The molecule has 0 aromatic heterocycles. The molecule has 0 N–H and O–H groups in total. The van der Waals surface area contributed by atoms with Gasteiger partial charge in [-0.05, 0) is 83.5 Å². The highest BCUT2D eigenvalue weighted by atomic mass is 16.6. The Labute approximate surface area is 496 Å². The number of esters is 3. The van der Waals surface area contributed by atoms with Gasteiger partial charge in [0.2, 0.25) is 0 Å². The van der Waals surface area contributed by atoms with Gasteiger partial charge in [0.1, 0.15) is 13.2 Å². The van der Waals surface area contributed by atoms with Gasteiger partial charge in [0.25, 0.3) is 0 Å². The number of allylic oxidation sites excluding steroid dienone is 16. The lowest BCUT2D eigenvalue weighted by atomic mass is 10.0. The van der Waals surface area contributed by atoms with Crippen molar-refractivity contribution in [3.05, 3.63) is 97.2 Å². The minimum atomic E-state index is -0.777. The molecule has 0 saturated heterocycles. The molecule has 1 unspecified atom stereocenters. The fourth-order valence-corrected chi connectivity index (χ4v) is 9.76. The number of rotatable bonds is 62. The normalized spacial score (nSPS) is 12.7. The van der Waals surface area contributed by atoms with Crippen LogP contribution in [0.5, 0.6) is 0 Å². The third kappa shape index (κ3) is 65.1. The zero-order valence-electron chi connectivity index (χ0n) is 52.8. The van der Waals surface area contributed by atoms with Gasteiger partial charge in [0.15, 0.2) is 6.10 Å². The molecule has 0 spiro atoms. The van der Waals surface area contributed by atoms with Crippen molar-refractivity contribution in [2.75, 3.05) is 13.2 Å². The van der Waals surface area contributed by atoms with Crippen molar-refractivity contribution >= 4 is 17.9 Å². The molecule has 0 aliphatic heterocycles. The second kappa shape index (κ2) is 67.8. The van der Waals surface area contributed by atoms with Gasteiger partial charge in [-0.3, -0.25) is 14.4 Å². The molecule has 6 nitrogen and oxygen atoms in total. The maximum absolute atomic E-state index is 12.9. The zero-order valence-corrected chi connectivity index (χ0v) is 52.8. The van der Waals surface area contributed by atoms with E-state index in [4.69, 9.17) is 14.2 Å². The maximum atomic E-state index is 12.9. The fourth-order valence-electron chi connectivity index (χ4n) is 9.76. The van der Waals surface area contributed by atoms with Gasteiger partial charge in [-0.2, -0.15) is 0 Å². The summed E-state index contributed by atoms with van der Waals surface area (Å²) < 4.78 is 16.9. The van der Waals surface area contributed by atoms with Crippen molar-refractivity contribution in [1.82, 2.24) is 0 Å². The average Bonchev–Trinajstić information content (AvgIpc) is 3.46. The summed E-state index contributed by atoms with van der Waals surface area (Å²) in [6.07, 6.45) is 91.7. The first-order chi connectivity index (χ1) is 39.5. The molecule has 0 bridgehead atoms. The van der Waals surface area contributed by atoms with E-state index >= 15 is 0 Å². The number of hydrogen-bond acceptors (Lipinski definition) is 6. The summed E-state index contributed by atoms with van der Waals surface area (Å²) in [7, 11) is 0. The SMILES string of the molecule is CC/C=C\C/C=C\C/C=C\C/C=C\C/C=C\C/C=C\C/C=C\C/C=C\CCCCCCCCCCC(=O)OCC(COC(=O)CCCCCCCCC)OC(=O)CCCCCCCCCCCCCCCCCCCCCCCC. The molecule has 0 saturated carbocycles. The van der Waals surface area contributed by atoms with Crippen molar-refractivity contribution in [1.29, 1.82) is 0 Å². The number of carbonyl (C=O) groups is 3. The first kappa shape index (κ1) is 76.3. The molecule has 460 valence electrons. The largest absolute Gasteiger partial charge is 0.462 e. The smallest absolute Gasteiger partial charge is 0.306 e. The third-order valence-electron chi connectivity index (χ3n) is 14.9. The highest BCUT2D eigenvalue weighted by Crippen LogP contribution is 2.17. The molecule has 0 aromatic carbocycles. The van der Waals surface area contributed by atoms with Gasteiger partial charge in [-0.15, -0.1) is 0 Å². The van der Waals surface area contributed by atoms with E-state index < -0.39 is 6.10 Å². The third-order valence-corrected chi connectivity index (χ3v) is 14.9. The molecule has 0 heterocycles. The van der Waals surface area contributed by atoms with E-state index in [0.717, 1.165) is 116 Å². The van der Waals surface area contributed by atoms with Crippen LogP contribution in [0.25, 0.3) is 0 Å². The molecule has 0 radical (unpaired) electrons. The highest BCUT2D eigenvalue weighted by Gasteiger charge is 2.19. The standard InChI is InChI=1S/C74H128O6/c1-4-7-10-13-16-18-20-22-24-26-28-30-32-33-34-35-36-37-38-39-40-41-42-44-45-47-49-51-53-55-58-61-64-67-73(76)79-70-71(69-78-72(75)66-63-60-57-15-12-9-6-3)80-74(77)68-65-62-59-56-54-52-50-48-46-43-31-29-27-25-23-21-19-17-14-11-8-5-2/h7,10,16,18,22,24,28,30,33-34,36-37,39-40,42,44,71H,4-6,8-9,11-15,17,19-21,23,25-27,29,31-32,35,38,41,43,45-70H2,1-3H3/b10-7-,18-16-,24-22-,30-28-,34-33-,37-36-,40-39-,44-42-. The van der Waals surface area contributed by atoms with E-state index in [1.807, 2.05) is 0 Å². The highest BCUT2D eigenvalue weighted by molar-refractivity contribution is 5.71. The van der Waals surface area contributed by atoms with E-state index in [1.54, 1.807) is 0 Å². The first-order valence-electron chi connectivity index (χ1n) is 34.2. The van der Waals surface area contributed by atoms with Gasteiger partial charge >= 0.3 is 17.9 Å². The van der Waals surface area contributed by atoms with Crippen LogP contribution >= 0.6 is 0 Å². The number of hydrogen-bond donors (Lipinski definition) is 0. The number of carbonyl (C=O) groups excluding carboxylic acids is 3. The minimum Gasteiger partial charge on any atom is -0.462 e. The van der Waals surface area contributed by atoms with E-state index in [-0.39, 0.29) is 31.1 Å². The van der Waals surface area contributed by atoms with Crippen LogP contribution in [0.15, 0.2) is 97.2 Å². The summed E-state index contributed by atoms with van der Waals surface area (Å²) in [6, 6.07) is 0. The molecule has 6 heteroatoms. The Kier molecular flexibility index (Phi) is 64.7. The summed E-state index contributed by atoms with van der Waals surface area (Å²) in [4.78, 5) is 38.1. The van der Waals surface area contributed by atoms with Crippen LogP contribution in [0.3, 0.4) is 0 Å². The zero-order chi connectivity index (χ0) is 57.8. The summed E-state index contributed by atoms with van der Waals surface area (Å²) in [5, 5.41) is 0. The maximum Gasteiger partial charge on any atom is 0.306 e.